The van der Waals surface area contributed by atoms with E-state index in [1.807, 2.05) is 0 Å². The molecule has 2 atom stereocenters. The highest BCUT2D eigenvalue weighted by molar-refractivity contribution is 7.12. The predicted octanol–water partition coefficient (Wildman–Crippen LogP) is -0.407. The van der Waals surface area contributed by atoms with Crippen molar-refractivity contribution >= 4 is 11.3 Å². The van der Waals surface area contributed by atoms with Gasteiger partial charge >= 0.3 is 0 Å². The van der Waals surface area contributed by atoms with Gasteiger partial charge in [-0.15, -0.1) is 11.3 Å². The van der Waals surface area contributed by atoms with Crippen molar-refractivity contribution in [1.82, 2.24) is 0 Å². The van der Waals surface area contributed by atoms with E-state index in [4.69, 9.17) is 10.8 Å². The lowest BCUT2D eigenvalue weighted by Gasteiger charge is -2.13. The molecule has 5 heteroatoms. The van der Waals surface area contributed by atoms with Crippen LogP contribution >= 0.6 is 11.3 Å². The van der Waals surface area contributed by atoms with Gasteiger partial charge in [-0.05, 0) is 12.1 Å². The average molecular weight is 203 g/mol. The van der Waals surface area contributed by atoms with Gasteiger partial charge in [0.05, 0.1) is 12.7 Å². The van der Waals surface area contributed by atoms with Gasteiger partial charge in [0.25, 0.3) is 0 Å². The highest BCUT2D eigenvalue weighted by Crippen LogP contribution is 2.25. The smallest absolute Gasteiger partial charge is 0.115 e. The first-order valence-corrected chi connectivity index (χ1v) is 4.76. The minimum atomic E-state index is -0.949. The molecule has 0 saturated heterocycles. The van der Waals surface area contributed by atoms with Crippen molar-refractivity contribution in [2.45, 2.75) is 18.8 Å². The highest BCUT2D eigenvalue weighted by Gasteiger charge is 2.18. The van der Waals surface area contributed by atoms with E-state index in [0.29, 0.717) is 4.88 Å². The molecule has 0 spiro atoms. The van der Waals surface area contributed by atoms with Gasteiger partial charge in [0.1, 0.15) is 6.10 Å². The Kier molecular flexibility index (Phi) is 3.83. The molecule has 0 aliphatic carbocycles. The van der Waals surface area contributed by atoms with Gasteiger partial charge in [-0.1, -0.05) is 0 Å². The monoisotopic (exact) mass is 203 g/mol. The summed E-state index contributed by atoms with van der Waals surface area (Å²) < 4.78 is 0. The van der Waals surface area contributed by atoms with Gasteiger partial charge < -0.3 is 21.1 Å². The van der Waals surface area contributed by atoms with Crippen LogP contribution in [0.3, 0.4) is 0 Å². The molecule has 1 aromatic rings. The van der Waals surface area contributed by atoms with Gasteiger partial charge in [-0.25, -0.2) is 0 Å². The molecule has 0 saturated carbocycles. The van der Waals surface area contributed by atoms with Crippen molar-refractivity contribution in [1.29, 1.82) is 0 Å². The van der Waals surface area contributed by atoms with Crippen LogP contribution in [0.4, 0.5) is 0 Å². The summed E-state index contributed by atoms with van der Waals surface area (Å²) in [5.74, 6) is 0. The Morgan fingerprint density at radius 1 is 1.38 bits per heavy atom. The van der Waals surface area contributed by atoms with E-state index < -0.39 is 12.2 Å². The fourth-order valence-corrected chi connectivity index (χ4v) is 1.87. The number of rotatable bonds is 4. The molecule has 0 radical (unpaired) electrons. The van der Waals surface area contributed by atoms with Crippen LogP contribution in [-0.4, -0.2) is 28.0 Å². The van der Waals surface area contributed by atoms with Crippen LogP contribution < -0.4 is 5.73 Å². The lowest BCUT2D eigenvalue weighted by atomic mass is 10.2. The SMILES string of the molecule is NCC(O)C(O)c1ccc(CO)s1. The molecule has 4 nitrogen and oxygen atoms in total. The van der Waals surface area contributed by atoms with Gasteiger partial charge in [0.2, 0.25) is 0 Å². The molecule has 0 aliphatic rings. The Balaban J connectivity index is 2.70. The minimum absolute atomic E-state index is 0.0214. The fraction of sp³-hybridized carbons (Fsp3) is 0.500. The van der Waals surface area contributed by atoms with Crippen molar-refractivity contribution in [2.75, 3.05) is 6.54 Å². The molecule has 5 N–H and O–H groups in total. The third kappa shape index (κ3) is 2.49. The first-order chi connectivity index (χ1) is 6.19. The molecular weight excluding hydrogens is 190 g/mol. The zero-order chi connectivity index (χ0) is 9.84. The topological polar surface area (TPSA) is 86.7 Å². The number of thiophene rings is 1. The van der Waals surface area contributed by atoms with E-state index in [1.54, 1.807) is 12.1 Å². The largest absolute Gasteiger partial charge is 0.391 e. The van der Waals surface area contributed by atoms with Crippen LogP contribution in [0.15, 0.2) is 12.1 Å². The molecule has 74 valence electrons. The second-order valence-electron chi connectivity index (χ2n) is 2.71. The Morgan fingerprint density at radius 3 is 2.54 bits per heavy atom. The normalized spacial score (nSPS) is 15.7. The number of aliphatic hydroxyl groups is 3. The zero-order valence-electron chi connectivity index (χ0n) is 7.05. The van der Waals surface area contributed by atoms with E-state index in [9.17, 15) is 10.2 Å². The van der Waals surface area contributed by atoms with Crippen LogP contribution in [0, 0.1) is 0 Å². The zero-order valence-corrected chi connectivity index (χ0v) is 7.87. The standard InChI is InChI=1S/C8H13NO3S/c9-3-6(11)8(12)7-2-1-5(4-10)13-7/h1-2,6,8,10-12H,3-4,9H2. The second kappa shape index (κ2) is 4.69. The summed E-state index contributed by atoms with van der Waals surface area (Å²) >= 11 is 1.27. The van der Waals surface area contributed by atoms with Crippen molar-refractivity contribution in [3.63, 3.8) is 0 Å². The van der Waals surface area contributed by atoms with Crippen LogP contribution in [-0.2, 0) is 6.61 Å². The molecule has 13 heavy (non-hydrogen) atoms. The van der Waals surface area contributed by atoms with E-state index in [0.717, 1.165) is 4.88 Å². The summed E-state index contributed by atoms with van der Waals surface area (Å²) in [6.07, 6.45) is -1.89. The van der Waals surface area contributed by atoms with Gasteiger partial charge in [0.15, 0.2) is 0 Å². The third-order valence-corrected chi connectivity index (χ3v) is 2.88. The van der Waals surface area contributed by atoms with Gasteiger partial charge in [0, 0.05) is 16.3 Å². The van der Waals surface area contributed by atoms with E-state index in [1.165, 1.54) is 11.3 Å². The quantitative estimate of drug-likeness (QED) is 0.536. The molecular formula is C8H13NO3S. The Labute approximate surface area is 80.3 Å². The minimum Gasteiger partial charge on any atom is -0.391 e. The lowest BCUT2D eigenvalue weighted by Crippen LogP contribution is -2.26. The highest BCUT2D eigenvalue weighted by atomic mass is 32.1. The molecule has 0 fully saturated rings. The molecule has 1 heterocycles. The van der Waals surface area contributed by atoms with Crippen molar-refractivity contribution in [3.8, 4) is 0 Å². The molecule has 1 aromatic heterocycles. The van der Waals surface area contributed by atoms with E-state index in [2.05, 4.69) is 0 Å². The lowest BCUT2D eigenvalue weighted by molar-refractivity contribution is 0.0265. The molecule has 0 aliphatic heterocycles. The maximum atomic E-state index is 9.50. The Bertz CT molecular complexity index is 264. The summed E-state index contributed by atoms with van der Waals surface area (Å²) in [5, 5.41) is 27.5. The Hall–Kier alpha value is -0.460. The number of hydrogen-bond donors (Lipinski definition) is 4. The summed E-state index contributed by atoms with van der Waals surface area (Å²) in [7, 11) is 0. The van der Waals surface area contributed by atoms with Crippen LogP contribution in [0.2, 0.25) is 0 Å². The average Bonchev–Trinajstić information content (AvgIpc) is 2.63. The maximum absolute atomic E-state index is 9.50. The van der Waals surface area contributed by atoms with Gasteiger partial charge in [-0.2, -0.15) is 0 Å². The summed E-state index contributed by atoms with van der Waals surface area (Å²) in [6.45, 7) is -0.0242. The summed E-state index contributed by atoms with van der Waals surface area (Å²) in [6, 6.07) is 3.40. The first kappa shape index (κ1) is 10.6. The van der Waals surface area contributed by atoms with Crippen molar-refractivity contribution in [3.05, 3.63) is 21.9 Å². The molecule has 0 aromatic carbocycles. The van der Waals surface area contributed by atoms with Gasteiger partial charge in [-0.3, -0.25) is 0 Å². The first-order valence-electron chi connectivity index (χ1n) is 3.94. The van der Waals surface area contributed by atoms with E-state index in [-0.39, 0.29) is 13.2 Å². The predicted molar refractivity (Wildman–Crippen MR) is 50.3 cm³/mol. The van der Waals surface area contributed by atoms with Crippen molar-refractivity contribution in [2.24, 2.45) is 5.73 Å². The van der Waals surface area contributed by atoms with Crippen LogP contribution in [0.5, 0.6) is 0 Å². The fourth-order valence-electron chi connectivity index (χ4n) is 0.957. The number of hydrogen-bond acceptors (Lipinski definition) is 5. The molecule has 0 bridgehead atoms. The van der Waals surface area contributed by atoms with Crippen LogP contribution in [0.1, 0.15) is 15.9 Å². The van der Waals surface area contributed by atoms with Crippen LogP contribution in [0.25, 0.3) is 0 Å². The molecule has 0 amide bonds. The second-order valence-corrected chi connectivity index (χ2v) is 3.91. The molecule has 1 rings (SSSR count). The summed E-state index contributed by atoms with van der Waals surface area (Å²) in [5.41, 5.74) is 5.19. The summed E-state index contributed by atoms with van der Waals surface area (Å²) in [4.78, 5) is 1.39. The van der Waals surface area contributed by atoms with Crippen molar-refractivity contribution < 1.29 is 15.3 Å². The maximum Gasteiger partial charge on any atom is 0.115 e. The van der Waals surface area contributed by atoms with E-state index >= 15 is 0 Å². The molecule has 2 unspecified atom stereocenters. The number of aliphatic hydroxyl groups excluding tert-OH is 3. The Morgan fingerprint density at radius 2 is 2.08 bits per heavy atom. The third-order valence-electron chi connectivity index (χ3n) is 1.74. The number of nitrogens with two attached hydrogens (primary N) is 1.